The number of aliphatic imine (C=N–C) groups is 1. The molecule has 25 heavy (non-hydrogen) atoms. The number of rotatable bonds is 3. The number of hydrogen-bond acceptors (Lipinski definition) is 3. The van der Waals surface area contributed by atoms with Crippen LogP contribution in [0.4, 0.5) is 4.79 Å². The maximum Gasteiger partial charge on any atom is 0.410 e. The molecular formula is C18H35IN4O2. The van der Waals surface area contributed by atoms with Crippen LogP contribution in [0.15, 0.2) is 4.99 Å². The lowest BCUT2D eigenvalue weighted by Gasteiger charge is -2.33. The van der Waals surface area contributed by atoms with E-state index in [0.717, 1.165) is 38.4 Å². The van der Waals surface area contributed by atoms with Crippen molar-refractivity contribution in [1.82, 2.24) is 15.5 Å². The van der Waals surface area contributed by atoms with Crippen molar-refractivity contribution in [3.8, 4) is 0 Å². The molecule has 6 nitrogen and oxygen atoms in total. The summed E-state index contributed by atoms with van der Waals surface area (Å²) in [6.07, 6.45) is 6.95. The molecule has 0 aromatic heterocycles. The van der Waals surface area contributed by atoms with Gasteiger partial charge in [-0.2, -0.15) is 0 Å². The van der Waals surface area contributed by atoms with Crippen molar-refractivity contribution >= 4 is 36.0 Å². The van der Waals surface area contributed by atoms with Crippen LogP contribution < -0.4 is 10.6 Å². The zero-order chi connectivity index (χ0) is 17.6. The Labute approximate surface area is 169 Å². The topological polar surface area (TPSA) is 66.0 Å². The molecule has 2 fully saturated rings. The monoisotopic (exact) mass is 466 g/mol. The molecule has 0 aromatic rings. The Morgan fingerprint density at radius 2 is 1.76 bits per heavy atom. The van der Waals surface area contributed by atoms with Gasteiger partial charge in [0.1, 0.15) is 5.60 Å². The fourth-order valence-electron chi connectivity index (χ4n) is 3.35. The highest BCUT2D eigenvalue weighted by Crippen LogP contribution is 2.20. The summed E-state index contributed by atoms with van der Waals surface area (Å²) in [7, 11) is 1.83. The molecular weight excluding hydrogens is 431 g/mol. The third kappa shape index (κ3) is 8.00. The molecule has 0 unspecified atom stereocenters. The largest absolute Gasteiger partial charge is 0.444 e. The summed E-state index contributed by atoms with van der Waals surface area (Å²) in [4.78, 5) is 18.2. The normalized spacial score (nSPS) is 20.2. The third-order valence-electron chi connectivity index (χ3n) is 4.74. The number of amides is 1. The number of carbonyl (C=O) groups is 1. The highest BCUT2D eigenvalue weighted by molar-refractivity contribution is 14.0. The van der Waals surface area contributed by atoms with Crippen molar-refractivity contribution in [2.75, 3.05) is 26.7 Å². The molecule has 0 bridgehead atoms. The smallest absolute Gasteiger partial charge is 0.410 e. The van der Waals surface area contributed by atoms with Crippen molar-refractivity contribution in [3.05, 3.63) is 0 Å². The molecule has 2 aliphatic rings. The van der Waals surface area contributed by atoms with Crippen LogP contribution in [0, 0.1) is 5.92 Å². The predicted octanol–water partition coefficient (Wildman–Crippen LogP) is 3.36. The van der Waals surface area contributed by atoms with E-state index in [0.29, 0.717) is 12.0 Å². The molecule has 2 rings (SSSR count). The number of piperidine rings is 1. The van der Waals surface area contributed by atoms with Crippen molar-refractivity contribution in [2.45, 2.75) is 70.9 Å². The van der Waals surface area contributed by atoms with Crippen LogP contribution in [0.25, 0.3) is 0 Å². The molecule has 0 spiro atoms. The Kier molecular flexibility index (Phi) is 9.30. The van der Waals surface area contributed by atoms with Crippen LogP contribution in [-0.4, -0.2) is 55.3 Å². The fraction of sp³-hybridized carbons (Fsp3) is 0.889. The highest BCUT2D eigenvalue weighted by Gasteiger charge is 2.27. The average Bonchev–Trinajstić information content (AvgIpc) is 3.03. The van der Waals surface area contributed by atoms with Gasteiger partial charge in [-0.25, -0.2) is 4.79 Å². The fourth-order valence-corrected chi connectivity index (χ4v) is 3.35. The van der Waals surface area contributed by atoms with Gasteiger partial charge in [-0.15, -0.1) is 24.0 Å². The minimum absolute atomic E-state index is 0. The molecule has 1 amide bonds. The number of ether oxygens (including phenoxy) is 1. The summed E-state index contributed by atoms with van der Waals surface area (Å²) in [6, 6.07) is 0.574. The maximum absolute atomic E-state index is 12.1. The van der Waals surface area contributed by atoms with Crippen molar-refractivity contribution in [2.24, 2.45) is 10.9 Å². The van der Waals surface area contributed by atoms with E-state index in [1.807, 2.05) is 32.7 Å². The minimum atomic E-state index is -0.423. The number of carbonyl (C=O) groups excluding carboxylic acids is 1. The van der Waals surface area contributed by atoms with Gasteiger partial charge in [0.2, 0.25) is 0 Å². The summed E-state index contributed by atoms with van der Waals surface area (Å²) in [6.45, 7) is 8.18. The van der Waals surface area contributed by atoms with Crippen LogP contribution in [-0.2, 0) is 4.74 Å². The molecule has 146 valence electrons. The lowest BCUT2D eigenvalue weighted by Crippen LogP contribution is -2.46. The van der Waals surface area contributed by atoms with Gasteiger partial charge in [0.15, 0.2) is 5.96 Å². The SMILES string of the molecule is CN=C(NCC1CCN(C(=O)OC(C)(C)C)CC1)NC1CCCC1.I. The lowest BCUT2D eigenvalue weighted by atomic mass is 9.97. The summed E-state index contributed by atoms with van der Waals surface area (Å²) in [5.74, 6) is 1.49. The van der Waals surface area contributed by atoms with Gasteiger partial charge in [-0.05, 0) is 52.4 Å². The van der Waals surface area contributed by atoms with Crippen LogP contribution in [0.3, 0.4) is 0 Å². The second kappa shape index (κ2) is 10.4. The van der Waals surface area contributed by atoms with Crippen LogP contribution >= 0.6 is 24.0 Å². The second-order valence-electron chi connectivity index (χ2n) is 7.99. The Morgan fingerprint density at radius 1 is 1.16 bits per heavy atom. The van der Waals surface area contributed by atoms with Crippen molar-refractivity contribution < 1.29 is 9.53 Å². The Balaban J connectivity index is 0.00000312. The van der Waals surface area contributed by atoms with E-state index >= 15 is 0 Å². The van der Waals surface area contributed by atoms with Crippen molar-refractivity contribution in [1.29, 1.82) is 0 Å². The first-order valence-electron chi connectivity index (χ1n) is 9.32. The molecule has 1 saturated heterocycles. The third-order valence-corrected chi connectivity index (χ3v) is 4.74. The van der Waals surface area contributed by atoms with E-state index in [-0.39, 0.29) is 30.1 Å². The van der Waals surface area contributed by atoms with Gasteiger partial charge in [0.05, 0.1) is 0 Å². The van der Waals surface area contributed by atoms with Crippen LogP contribution in [0.1, 0.15) is 59.3 Å². The Hall–Kier alpha value is -0.730. The van der Waals surface area contributed by atoms with Gasteiger partial charge in [0.25, 0.3) is 0 Å². The van der Waals surface area contributed by atoms with E-state index in [9.17, 15) is 4.79 Å². The molecule has 1 heterocycles. The number of likely N-dealkylation sites (tertiary alicyclic amines) is 1. The number of nitrogens with one attached hydrogen (secondary N) is 2. The molecule has 2 N–H and O–H groups in total. The second-order valence-corrected chi connectivity index (χ2v) is 7.99. The quantitative estimate of drug-likeness (QED) is 0.381. The standard InChI is InChI=1S/C18H34N4O2.HI/c1-18(2,3)24-17(23)22-11-9-14(10-12-22)13-20-16(19-4)21-15-7-5-6-8-15;/h14-15H,5-13H2,1-4H3,(H2,19,20,21);1H. The Morgan fingerprint density at radius 3 is 2.28 bits per heavy atom. The first-order valence-corrected chi connectivity index (χ1v) is 9.32. The summed E-state index contributed by atoms with van der Waals surface area (Å²) in [5.41, 5.74) is -0.423. The molecule has 1 aliphatic heterocycles. The van der Waals surface area contributed by atoms with E-state index in [2.05, 4.69) is 15.6 Å². The van der Waals surface area contributed by atoms with Gasteiger partial charge >= 0.3 is 6.09 Å². The number of hydrogen-bond donors (Lipinski definition) is 2. The summed E-state index contributed by atoms with van der Waals surface area (Å²) < 4.78 is 5.44. The molecule has 0 radical (unpaired) electrons. The molecule has 1 aliphatic carbocycles. The summed E-state index contributed by atoms with van der Waals surface area (Å²) in [5, 5.41) is 6.96. The Bertz CT molecular complexity index is 437. The molecule has 1 saturated carbocycles. The van der Waals surface area contributed by atoms with Gasteiger partial charge in [0, 0.05) is 32.7 Å². The van der Waals surface area contributed by atoms with Gasteiger partial charge in [-0.3, -0.25) is 4.99 Å². The number of guanidine groups is 1. The molecule has 0 atom stereocenters. The number of nitrogens with zero attached hydrogens (tertiary/aromatic N) is 2. The molecule has 0 aromatic carbocycles. The zero-order valence-corrected chi connectivity index (χ0v) is 18.5. The minimum Gasteiger partial charge on any atom is -0.444 e. The van der Waals surface area contributed by atoms with Crippen LogP contribution in [0.2, 0.25) is 0 Å². The van der Waals surface area contributed by atoms with E-state index in [1.165, 1.54) is 25.7 Å². The van der Waals surface area contributed by atoms with Gasteiger partial charge < -0.3 is 20.3 Å². The highest BCUT2D eigenvalue weighted by atomic mass is 127. The number of halogens is 1. The lowest BCUT2D eigenvalue weighted by molar-refractivity contribution is 0.0185. The first kappa shape index (κ1) is 22.3. The van der Waals surface area contributed by atoms with Crippen molar-refractivity contribution in [3.63, 3.8) is 0 Å². The van der Waals surface area contributed by atoms with Crippen LogP contribution in [0.5, 0.6) is 0 Å². The predicted molar refractivity (Wildman–Crippen MR) is 113 cm³/mol. The van der Waals surface area contributed by atoms with E-state index < -0.39 is 5.60 Å². The average molecular weight is 466 g/mol. The van der Waals surface area contributed by atoms with E-state index in [1.54, 1.807) is 0 Å². The summed E-state index contributed by atoms with van der Waals surface area (Å²) >= 11 is 0. The molecule has 7 heteroatoms. The maximum atomic E-state index is 12.1. The van der Waals surface area contributed by atoms with Gasteiger partial charge in [-0.1, -0.05) is 12.8 Å². The first-order chi connectivity index (χ1) is 11.4. The zero-order valence-electron chi connectivity index (χ0n) is 16.1. The van der Waals surface area contributed by atoms with E-state index in [4.69, 9.17) is 4.74 Å².